The zero-order valence-electron chi connectivity index (χ0n) is 14.4. The molecule has 0 unspecified atom stereocenters. The van der Waals surface area contributed by atoms with Gasteiger partial charge in [0, 0.05) is 39.1 Å². The van der Waals surface area contributed by atoms with Crippen LogP contribution in [0.25, 0.3) is 0 Å². The summed E-state index contributed by atoms with van der Waals surface area (Å²) in [7, 11) is 1.80. The van der Waals surface area contributed by atoms with Crippen molar-refractivity contribution in [2.45, 2.75) is 26.2 Å². The molecular formula is C17H27IN4O2. The lowest BCUT2D eigenvalue weighted by molar-refractivity contribution is -0.149. The van der Waals surface area contributed by atoms with E-state index in [1.165, 1.54) is 5.56 Å². The van der Waals surface area contributed by atoms with Crippen molar-refractivity contribution in [1.82, 2.24) is 15.2 Å². The van der Waals surface area contributed by atoms with E-state index >= 15 is 0 Å². The van der Waals surface area contributed by atoms with Crippen LogP contribution in [-0.4, -0.2) is 55.1 Å². The van der Waals surface area contributed by atoms with Crippen molar-refractivity contribution in [2.75, 3.05) is 33.3 Å². The Labute approximate surface area is 161 Å². The Morgan fingerprint density at radius 2 is 2.21 bits per heavy atom. The number of guanidine groups is 1. The Bertz CT molecular complexity index is 517. The largest absolute Gasteiger partial charge is 0.466 e. The number of halogens is 1. The topological polar surface area (TPSA) is 66.8 Å². The van der Waals surface area contributed by atoms with Crippen LogP contribution in [0.3, 0.4) is 0 Å². The first-order valence-electron chi connectivity index (χ1n) is 8.25. The van der Waals surface area contributed by atoms with Crippen molar-refractivity contribution in [3.63, 3.8) is 0 Å². The number of nitrogens with zero attached hydrogens (tertiary/aromatic N) is 3. The quantitative estimate of drug-likeness (QED) is 0.325. The van der Waals surface area contributed by atoms with Crippen molar-refractivity contribution < 1.29 is 9.53 Å². The highest BCUT2D eigenvalue weighted by molar-refractivity contribution is 14.0. The third-order valence-electron chi connectivity index (χ3n) is 4.05. The minimum absolute atomic E-state index is 0. The molecule has 1 aromatic heterocycles. The maximum atomic E-state index is 11.8. The minimum atomic E-state index is -0.0633. The predicted molar refractivity (Wildman–Crippen MR) is 106 cm³/mol. The molecular weight excluding hydrogens is 419 g/mol. The second-order valence-corrected chi connectivity index (χ2v) is 5.60. The molecule has 134 valence electrons. The van der Waals surface area contributed by atoms with Gasteiger partial charge in [0.2, 0.25) is 0 Å². The smallest absolute Gasteiger partial charge is 0.309 e. The summed E-state index contributed by atoms with van der Waals surface area (Å²) in [6.07, 6.45) is 6.22. The van der Waals surface area contributed by atoms with Crippen LogP contribution in [-0.2, 0) is 16.0 Å². The van der Waals surface area contributed by atoms with Gasteiger partial charge in [-0.05, 0) is 37.8 Å². The van der Waals surface area contributed by atoms with Gasteiger partial charge >= 0.3 is 5.97 Å². The second-order valence-electron chi connectivity index (χ2n) is 5.60. The van der Waals surface area contributed by atoms with Gasteiger partial charge in [-0.2, -0.15) is 0 Å². The molecule has 24 heavy (non-hydrogen) atoms. The fourth-order valence-corrected chi connectivity index (χ4v) is 2.78. The Morgan fingerprint density at radius 1 is 1.46 bits per heavy atom. The van der Waals surface area contributed by atoms with Crippen molar-refractivity contribution in [1.29, 1.82) is 0 Å². The van der Waals surface area contributed by atoms with Gasteiger partial charge in [-0.3, -0.25) is 14.8 Å². The van der Waals surface area contributed by atoms with Crippen molar-refractivity contribution in [2.24, 2.45) is 10.9 Å². The summed E-state index contributed by atoms with van der Waals surface area (Å²) in [6, 6.07) is 4.02. The summed E-state index contributed by atoms with van der Waals surface area (Å²) >= 11 is 0. The van der Waals surface area contributed by atoms with Crippen LogP contribution in [0.15, 0.2) is 29.5 Å². The summed E-state index contributed by atoms with van der Waals surface area (Å²) in [4.78, 5) is 22.5. The molecule has 2 heterocycles. The number of piperidine rings is 1. The number of esters is 1. The van der Waals surface area contributed by atoms with Crippen molar-refractivity contribution in [3.8, 4) is 0 Å². The number of aliphatic imine (C=N–C) groups is 1. The normalized spacial score (nSPS) is 15.6. The average molecular weight is 446 g/mol. The third kappa shape index (κ3) is 6.26. The number of rotatable bonds is 5. The summed E-state index contributed by atoms with van der Waals surface area (Å²) in [6.45, 7) is 4.78. The highest BCUT2D eigenvalue weighted by Gasteiger charge is 2.27. The number of likely N-dealkylation sites (tertiary alicyclic amines) is 1. The van der Waals surface area contributed by atoms with Gasteiger partial charge in [0.1, 0.15) is 0 Å². The van der Waals surface area contributed by atoms with Gasteiger partial charge in [-0.25, -0.2) is 0 Å². The molecule has 1 saturated heterocycles. The van der Waals surface area contributed by atoms with E-state index in [4.69, 9.17) is 4.74 Å². The first kappa shape index (κ1) is 20.7. The van der Waals surface area contributed by atoms with Crippen LogP contribution in [0.2, 0.25) is 0 Å². The number of pyridine rings is 1. The van der Waals surface area contributed by atoms with Crippen LogP contribution >= 0.6 is 24.0 Å². The van der Waals surface area contributed by atoms with E-state index < -0.39 is 0 Å². The molecule has 1 aliphatic heterocycles. The van der Waals surface area contributed by atoms with E-state index in [0.717, 1.165) is 44.9 Å². The Kier molecular flexibility index (Phi) is 9.66. The first-order chi connectivity index (χ1) is 11.2. The molecule has 1 aliphatic rings. The van der Waals surface area contributed by atoms with E-state index in [1.807, 2.05) is 19.2 Å². The third-order valence-corrected chi connectivity index (χ3v) is 4.05. The average Bonchev–Trinajstić information content (AvgIpc) is 2.60. The second kappa shape index (κ2) is 11.2. The first-order valence-corrected chi connectivity index (χ1v) is 8.25. The Hall–Kier alpha value is -1.38. The number of carbonyl (C=O) groups is 1. The summed E-state index contributed by atoms with van der Waals surface area (Å²) in [5.41, 5.74) is 1.21. The molecule has 7 heteroatoms. The fraction of sp³-hybridized carbons (Fsp3) is 0.588. The van der Waals surface area contributed by atoms with Crippen molar-refractivity contribution >= 4 is 35.9 Å². The standard InChI is InChI=1S/C17H26N4O2.HI/c1-3-23-16(22)15-7-11-21(12-8-15)17(18-2)20-10-6-14-5-4-9-19-13-14;/h4-5,9,13,15H,3,6-8,10-12H2,1-2H3,(H,18,20);1H. The number of ether oxygens (including phenoxy) is 1. The highest BCUT2D eigenvalue weighted by Crippen LogP contribution is 2.18. The van der Waals surface area contributed by atoms with Crippen LogP contribution in [0.5, 0.6) is 0 Å². The van der Waals surface area contributed by atoms with E-state index in [0.29, 0.717) is 6.61 Å². The molecule has 0 atom stereocenters. The maximum Gasteiger partial charge on any atom is 0.309 e. The SMILES string of the molecule is CCOC(=O)C1CCN(C(=NC)NCCc2cccnc2)CC1.I. The molecule has 2 rings (SSSR count). The minimum Gasteiger partial charge on any atom is -0.466 e. The lowest BCUT2D eigenvalue weighted by Gasteiger charge is -2.33. The highest BCUT2D eigenvalue weighted by atomic mass is 127. The molecule has 0 aromatic carbocycles. The molecule has 0 aliphatic carbocycles. The van der Waals surface area contributed by atoms with Gasteiger partial charge in [-0.15, -0.1) is 24.0 Å². The van der Waals surface area contributed by atoms with E-state index in [2.05, 4.69) is 26.3 Å². The Morgan fingerprint density at radius 3 is 2.79 bits per heavy atom. The number of hydrogen-bond acceptors (Lipinski definition) is 4. The van der Waals surface area contributed by atoms with Crippen LogP contribution in [0.1, 0.15) is 25.3 Å². The lowest BCUT2D eigenvalue weighted by Crippen LogP contribution is -2.47. The van der Waals surface area contributed by atoms with E-state index in [-0.39, 0.29) is 35.9 Å². The summed E-state index contributed by atoms with van der Waals surface area (Å²) in [5, 5.41) is 3.39. The molecule has 1 aromatic rings. The molecule has 0 radical (unpaired) electrons. The summed E-state index contributed by atoms with van der Waals surface area (Å²) in [5.74, 6) is 0.863. The molecule has 0 spiro atoms. The number of hydrogen-bond donors (Lipinski definition) is 1. The molecule has 0 amide bonds. The monoisotopic (exact) mass is 446 g/mol. The van der Waals surface area contributed by atoms with Gasteiger partial charge in [-0.1, -0.05) is 6.07 Å². The number of nitrogens with one attached hydrogen (secondary N) is 1. The molecule has 0 saturated carbocycles. The molecule has 1 N–H and O–H groups in total. The maximum absolute atomic E-state index is 11.8. The van der Waals surface area contributed by atoms with Crippen LogP contribution in [0, 0.1) is 5.92 Å². The van der Waals surface area contributed by atoms with Gasteiger partial charge in [0.05, 0.1) is 12.5 Å². The fourth-order valence-electron chi connectivity index (χ4n) is 2.78. The zero-order valence-corrected chi connectivity index (χ0v) is 16.7. The lowest BCUT2D eigenvalue weighted by atomic mass is 9.97. The van der Waals surface area contributed by atoms with E-state index in [1.54, 1.807) is 13.2 Å². The van der Waals surface area contributed by atoms with E-state index in [9.17, 15) is 4.79 Å². The molecule has 1 fully saturated rings. The van der Waals surface area contributed by atoms with Gasteiger partial charge in [0.25, 0.3) is 0 Å². The van der Waals surface area contributed by atoms with Crippen LogP contribution < -0.4 is 5.32 Å². The molecule has 0 bridgehead atoms. The number of aromatic nitrogens is 1. The van der Waals surface area contributed by atoms with Gasteiger partial charge in [0.15, 0.2) is 5.96 Å². The van der Waals surface area contributed by atoms with Gasteiger partial charge < -0.3 is 15.0 Å². The summed E-state index contributed by atoms with van der Waals surface area (Å²) < 4.78 is 5.11. The number of carbonyl (C=O) groups excluding carboxylic acids is 1. The predicted octanol–water partition coefficient (Wildman–Crippen LogP) is 2.09. The Balaban J connectivity index is 0.00000288. The molecule has 6 nitrogen and oxygen atoms in total. The van der Waals surface area contributed by atoms with Crippen LogP contribution in [0.4, 0.5) is 0 Å². The zero-order chi connectivity index (χ0) is 16.5. The van der Waals surface area contributed by atoms with Crippen molar-refractivity contribution in [3.05, 3.63) is 30.1 Å².